The van der Waals surface area contributed by atoms with Gasteiger partial charge >= 0.3 is 0 Å². The molecular formula is C10H21O2. The smallest absolute Gasteiger partial charge is 0.158 e. The third-order valence-corrected chi connectivity index (χ3v) is 1.92. The number of hydrogen-bond acceptors (Lipinski definition) is 2. The lowest BCUT2D eigenvalue weighted by Crippen LogP contribution is -2.23. The lowest BCUT2D eigenvalue weighted by Gasteiger charge is -2.21. The summed E-state index contributed by atoms with van der Waals surface area (Å²) in [4.78, 5) is 0. The molecular weight excluding hydrogens is 152 g/mol. The van der Waals surface area contributed by atoms with Gasteiger partial charge in [-0.2, -0.15) is 0 Å². The summed E-state index contributed by atoms with van der Waals surface area (Å²) in [7, 11) is 0. The molecule has 0 saturated carbocycles. The summed E-state index contributed by atoms with van der Waals surface area (Å²) in [6.45, 7) is 12.0. The molecule has 2 unspecified atom stereocenters. The molecule has 12 heavy (non-hydrogen) atoms. The van der Waals surface area contributed by atoms with Crippen LogP contribution in [0.5, 0.6) is 0 Å². The summed E-state index contributed by atoms with van der Waals surface area (Å²) in [6.07, 6.45) is 2.13. The van der Waals surface area contributed by atoms with E-state index in [9.17, 15) is 0 Å². The highest BCUT2D eigenvalue weighted by Crippen LogP contribution is 2.06. The van der Waals surface area contributed by atoms with Gasteiger partial charge in [-0.25, -0.2) is 0 Å². The minimum Gasteiger partial charge on any atom is -0.350 e. The quantitative estimate of drug-likeness (QED) is 0.575. The fourth-order valence-electron chi connectivity index (χ4n) is 0.743. The molecule has 2 atom stereocenters. The van der Waals surface area contributed by atoms with Gasteiger partial charge in [-0.15, -0.1) is 0 Å². The van der Waals surface area contributed by atoms with Crippen LogP contribution in [0.15, 0.2) is 0 Å². The van der Waals surface area contributed by atoms with Crippen LogP contribution >= 0.6 is 0 Å². The fourth-order valence-corrected chi connectivity index (χ4v) is 0.743. The maximum atomic E-state index is 5.44. The lowest BCUT2D eigenvalue weighted by molar-refractivity contribution is -0.163. The normalized spacial score (nSPS) is 18.8. The molecule has 0 rings (SSSR count). The largest absolute Gasteiger partial charge is 0.350 e. The van der Waals surface area contributed by atoms with E-state index in [1.54, 1.807) is 0 Å². The van der Waals surface area contributed by atoms with Gasteiger partial charge in [-0.1, -0.05) is 13.8 Å². The van der Waals surface area contributed by atoms with Crippen molar-refractivity contribution in [1.29, 1.82) is 0 Å². The maximum absolute atomic E-state index is 5.44. The second kappa shape index (κ2) is 6.44. The highest BCUT2D eigenvalue weighted by molar-refractivity contribution is 4.54. The molecule has 0 saturated heterocycles. The Bertz CT molecular complexity index is 92.0. The van der Waals surface area contributed by atoms with Gasteiger partial charge in [0.25, 0.3) is 0 Å². The molecule has 0 aliphatic heterocycles. The van der Waals surface area contributed by atoms with E-state index in [1.165, 1.54) is 0 Å². The van der Waals surface area contributed by atoms with Crippen molar-refractivity contribution in [1.82, 2.24) is 0 Å². The van der Waals surface area contributed by atoms with E-state index in [2.05, 4.69) is 20.8 Å². The minimum atomic E-state index is -0.324. The zero-order valence-electron chi connectivity index (χ0n) is 8.67. The fraction of sp³-hybridized carbons (Fsp3) is 0.900. The minimum absolute atomic E-state index is 0.233. The Morgan fingerprint density at radius 1 is 1.00 bits per heavy atom. The summed E-state index contributed by atoms with van der Waals surface area (Å²) in [5.41, 5.74) is 0. The topological polar surface area (TPSA) is 18.5 Å². The van der Waals surface area contributed by atoms with Crippen LogP contribution in [0.25, 0.3) is 0 Å². The van der Waals surface area contributed by atoms with Gasteiger partial charge in [0.15, 0.2) is 6.29 Å². The summed E-state index contributed by atoms with van der Waals surface area (Å²) < 4.78 is 10.9. The molecule has 0 aliphatic rings. The van der Waals surface area contributed by atoms with E-state index in [0.29, 0.717) is 0 Å². The molecule has 0 spiro atoms. The Kier molecular flexibility index (Phi) is 6.39. The monoisotopic (exact) mass is 173 g/mol. The Hall–Kier alpha value is -0.0800. The van der Waals surface area contributed by atoms with Crippen molar-refractivity contribution in [2.75, 3.05) is 0 Å². The molecule has 0 bridgehead atoms. The van der Waals surface area contributed by atoms with Crippen molar-refractivity contribution in [3.8, 4) is 0 Å². The van der Waals surface area contributed by atoms with Crippen molar-refractivity contribution >= 4 is 0 Å². The van der Waals surface area contributed by atoms with Crippen molar-refractivity contribution in [2.45, 2.75) is 59.0 Å². The van der Waals surface area contributed by atoms with Gasteiger partial charge in [-0.3, -0.25) is 0 Å². The molecule has 0 heterocycles. The lowest BCUT2D eigenvalue weighted by atomic mass is 10.3. The standard InChI is InChI=1S/C10H21O2/c1-6-8(3)11-10(5)12-9(4)7-2/h8-10H,5-7H2,1-4H3. The third-order valence-electron chi connectivity index (χ3n) is 1.92. The van der Waals surface area contributed by atoms with Gasteiger partial charge in [0.1, 0.15) is 0 Å². The summed E-state index contributed by atoms with van der Waals surface area (Å²) in [5.74, 6) is 0. The molecule has 0 aliphatic carbocycles. The van der Waals surface area contributed by atoms with Crippen LogP contribution in [-0.2, 0) is 9.47 Å². The van der Waals surface area contributed by atoms with Gasteiger partial charge in [-0.05, 0) is 26.7 Å². The van der Waals surface area contributed by atoms with Crippen LogP contribution < -0.4 is 0 Å². The predicted molar refractivity (Wildman–Crippen MR) is 50.8 cm³/mol. The SMILES string of the molecule is [CH2]C(OC(C)CC)OC(C)CC. The molecule has 0 aromatic heterocycles. The first-order valence-electron chi connectivity index (χ1n) is 4.74. The molecule has 0 aromatic rings. The maximum Gasteiger partial charge on any atom is 0.158 e. The first-order valence-corrected chi connectivity index (χ1v) is 4.74. The van der Waals surface area contributed by atoms with Gasteiger partial charge in [0, 0.05) is 6.92 Å². The van der Waals surface area contributed by atoms with E-state index in [4.69, 9.17) is 9.47 Å². The zero-order chi connectivity index (χ0) is 9.56. The molecule has 0 amide bonds. The summed E-state index contributed by atoms with van der Waals surface area (Å²) in [5, 5.41) is 0. The Balaban J connectivity index is 3.51. The third kappa shape index (κ3) is 5.56. The molecule has 0 fully saturated rings. The Labute approximate surface area is 76.3 Å². The van der Waals surface area contributed by atoms with Gasteiger partial charge in [0.05, 0.1) is 12.2 Å². The van der Waals surface area contributed by atoms with E-state index in [0.717, 1.165) is 12.8 Å². The van der Waals surface area contributed by atoms with Crippen molar-refractivity contribution in [3.63, 3.8) is 0 Å². The summed E-state index contributed by atoms with van der Waals surface area (Å²) in [6, 6.07) is 0. The second-order valence-electron chi connectivity index (χ2n) is 3.14. The van der Waals surface area contributed by atoms with Crippen LogP contribution in [0.3, 0.4) is 0 Å². The molecule has 73 valence electrons. The second-order valence-corrected chi connectivity index (χ2v) is 3.14. The van der Waals surface area contributed by atoms with Crippen LogP contribution in [0.2, 0.25) is 0 Å². The Morgan fingerprint density at radius 3 is 1.58 bits per heavy atom. The van der Waals surface area contributed by atoms with Crippen LogP contribution in [0.4, 0.5) is 0 Å². The number of rotatable bonds is 6. The van der Waals surface area contributed by atoms with Crippen molar-refractivity contribution in [2.24, 2.45) is 0 Å². The van der Waals surface area contributed by atoms with Gasteiger partial charge < -0.3 is 9.47 Å². The molecule has 1 radical (unpaired) electrons. The van der Waals surface area contributed by atoms with Crippen molar-refractivity contribution < 1.29 is 9.47 Å². The highest BCUT2D eigenvalue weighted by atomic mass is 16.7. The molecule has 2 nitrogen and oxygen atoms in total. The number of hydrogen-bond donors (Lipinski definition) is 0. The van der Waals surface area contributed by atoms with E-state index in [1.807, 2.05) is 13.8 Å². The van der Waals surface area contributed by atoms with Crippen LogP contribution in [0.1, 0.15) is 40.5 Å². The first-order chi connectivity index (χ1) is 5.60. The van der Waals surface area contributed by atoms with E-state index in [-0.39, 0.29) is 18.5 Å². The first kappa shape index (κ1) is 11.9. The van der Waals surface area contributed by atoms with E-state index < -0.39 is 0 Å². The summed E-state index contributed by atoms with van der Waals surface area (Å²) >= 11 is 0. The molecule has 0 N–H and O–H groups in total. The highest BCUT2D eigenvalue weighted by Gasteiger charge is 2.09. The molecule has 2 heteroatoms. The van der Waals surface area contributed by atoms with Crippen molar-refractivity contribution in [3.05, 3.63) is 6.92 Å². The Morgan fingerprint density at radius 2 is 1.33 bits per heavy atom. The van der Waals surface area contributed by atoms with E-state index >= 15 is 0 Å². The van der Waals surface area contributed by atoms with Crippen LogP contribution in [-0.4, -0.2) is 18.5 Å². The average molecular weight is 173 g/mol. The number of ether oxygens (including phenoxy) is 2. The van der Waals surface area contributed by atoms with Crippen LogP contribution in [0, 0.1) is 6.92 Å². The average Bonchev–Trinajstić information content (AvgIpc) is 2.03. The zero-order valence-corrected chi connectivity index (χ0v) is 8.67. The molecule has 0 aromatic carbocycles. The van der Waals surface area contributed by atoms with Gasteiger partial charge in [0.2, 0.25) is 0 Å². The predicted octanol–water partition coefficient (Wildman–Crippen LogP) is 2.78.